The van der Waals surface area contributed by atoms with E-state index in [1.807, 2.05) is 45.0 Å². The predicted octanol–water partition coefficient (Wildman–Crippen LogP) is 3.00. The molecule has 1 aliphatic rings. The van der Waals surface area contributed by atoms with E-state index < -0.39 is 12.1 Å². The molecule has 1 unspecified atom stereocenters. The smallest absolute Gasteiger partial charge is 0.407 e. The minimum Gasteiger partial charge on any atom is -0.481 e. The van der Waals surface area contributed by atoms with Crippen molar-refractivity contribution in [1.29, 1.82) is 0 Å². The van der Waals surface area contributed by atoms with Gasteiger partial charge in [-0.25, -0.2) is 4.79 Å². The Morgan fingerprint density at radius 3 is 2.14 bits per heavy atom. The number of ether oxygens (including phenoxy) is 1. The topological polar surface area (TPSA) is 122 Å². The minimum absolute atomic E-state index is 0.0972. The molecule has 28 heavy (non-hydrogen) atoms. The van der Waals surface area contributed by atoms with Gasteiger partial charge in [0.15, 0.2) is 0 Å². The van der Waals surface area contributed by atoms with E-state index in [1.54, 1.807) is 0 Å². The molecule has 0 heterocycles. The predicted molar refractivity (Wildman–Crippen MR) is 108 cm³/mol. The van der Waals surface area contributed by atoms with Crippen LogP contribution >= 0.6 is 0 Å². The second-order valence-electron chi connectivity index (χ2n) is 7.45. The van der Waals surface area contributed by atoms with Crippen LogP contribution in [0.5, 0.6) is 0 Å². The summed E-state index contributed by atoms with van der Waals surface area (Å²) in [5.41, 5.74) is 6.98. The molecule has 1 aromatic rings. The first-order valence-electron chi connectivity index (χ1n) is 9.85. The number of hydrogen-bond donors (Lipinski definition) is 4. The van der Waals surface area contributed by atoms with Crippen molar-refractivity contribution in [3.05, 3.63) is 35.4 Å². The summed E-state index contributed by atoms with van der Waals surface area (Å²) in [6.45, 7) is 6.13. The van der Waals surface area contributed by atoms with Crippen LogP contribution in [-0.4, -0.2) is 41.5 Å². The molecule has 0 aliphatic heterocycles. The highest BCUT2D eigenvalue weighted by molar-refractivity contribution is 5.70. The van der Waals surface area contributed by atoms with E-state index in [1.165, 1.54) is 0 Å². The third-order valence-electron chi connectivity index (χ3n) is 4.77. The number of alkyl carbamates (subject to hydrolysis) is 1. The van der Waals surface area contributed by atoms with Gasteiger partial charge in [0.1, 0.15) is 0 Å². The molecule has 7 heteroatoms. The second kappa shape index (κ2) is 12.4. The molecule has 0 spiro atoms. The van der Waals surface area contributed by atoms with E-state index in [4.69, 9.17) is 20.7 Å². The van der Waals surface area contributed by atoms with E-state index in [0.717, 1.165) is 24.0 Å². The van der Waals surface area contributed by atoms with E-state index >= 15 is 0 Å². The van der Waals surface area contributed by atoms with Crippen molar-refractivity contribution in [3.8, 4) is 0 Å². The maximum atomic E-state index is 12.1. The standard InChI is InChI=1S/C19H27NO4.C2H7NO/c1-12(2)24-19(23)20-17(14-6-4-13(3)5-7-14)15-8-10-16(11-9-15)18(21)22;3-1-2-4/h4-7,12,15-17H,8-11H2,1-3H3,(H,20,23)(H,21,22);4H,1-3H2/t15-,16-,17?;. The van der Waals surface area contributed by atoms with Crippen LogP contribution in [0.2, 0.25) is 0 Å². The molecule has 158 valence electrons. The lowest BCUT2D eigenvalue weighted by molar-refractivity contribution is -0.143. The average molecular weight is 395 g/mol. The van der Waals surface area contributed by atoms with Gasteiger partial charge in [-0.3, -0.25) is 4.79 Å². The fourth-order valence-corrected chi connectivity index (χ4v) is 3.32. The molecule has 0 radical (unpaired) electrons. The third kappa shape index (κ3) is 8.27. The summed E-state index contributed by atoms with van der Waals surface area (Å²) in [7, 11) is 0. The average Bonchev–Trinajstić information content (AvgIpc) is 2.66. The largest absolute Gasteiger partial charge is 0.481 e. The van der Waals surface area contributed by atoms with Crippen LogP contribution in [0.25, 0.3) is 0 Å². The van der Waals surface area contributed by atoms with Crippen molar-refractivity contribution in [2.24, 2.45) is 17.6 Å². The summed E-state index contributed by atoms with van der Waals surface area (Å²) in [5.74, 6) is -0.752. The number of amides is 1. The summed E-state index contributed by atoms with van der Waals surface area (Å²) in [5, 5.41) is 19.9. The molecule has 1 saturated carbocycles. The van der Waals surface area contributed by atoms with E-state index in [2.05, 4.69) is 5.32 Å². The first kappa shape index (κ1) is 23.9. The molecule has 2 rings (SSSR count). The van der Waals surface area contributed by atoms with E-state index in [0.29, 0.717) is 19.4 Å². The molecule has 1 aliphatic carbocycles. The first-order valence-corrected chi connectivity index (χ1v) is 9.85. The van der Waals surface area contributed by atoms with Crippen molar-refractivity contribution in [2.45, 2.75) is 58.6 Å². The van der Waals surface area contributed by atoms with Crippen molar-refractivity contribution >= 4 is 12.1 Å². The lowest BCUT2D eigenvalue weighted by Gasteiger charge is -2.33. The Morgan fingerprint density at radius 2 is 1.71 bits per heavy atom. The Morgan fingerprint density at radius 1 is 1.18 bits per heavy atom. The Kier molecular flexibility index (Phi) is 10.6. The molecule has 0 bridgehead atoms. The SMILES string of the molecule is Cc1ccc(C(NC(=O)OC(C)C)[C@H]2CC[C@H](C(=O)O)CC2)cc1.NCCO. The number of hydrogen-bond acceptors (Lipinski definition) is 5. The summed E-state index contributed by atoms with van der Waals surface area (Å²) in [4.78, 5) is 23.2. The van der Waals surface area contributed by atoms with Crippen LogP contribution in [0, 0.1) is 18.8 Å². The number of benzene rings is 1. The van der Waals surface area contributed by atoms with Crippen molar-refractivity contribution in [2.75, 3.05) is 13.2 Å². The number of aliphatic carboxylic acids is 1. The fourth-order valence-electron chi connectivity index (χ4n) is 3.32. The lowest BCUT2D eigenvalue weighted by Crippen LogP contribution is -2.37. The first-order chi connectivity index (χ1) is 13.3. The van der Waals surface area contributed by atoms with Crippen molar-refractivity contribution in [1.82, 2.24) is 5.32 Å². The van der Waals surface area contributed by atoms with Gasteiger partial charge in [0.25, 0.3) is 0 Å². The molecule has 1 fully saturated rings. The van der Waals surface area contributed by atoms with E-state index in [9.17, 15) is 9.59 Å². The summed E-state index contributed by atoms with van der Waals surface area (Å²) in [6, 6.07) is 7.96. The Hall–Kier alpha value is -2.12. The lowest BCUT2D eigenvalue weighted by atomic mass is 9.76. The number of carbonyl (C=O) groups excluding carboxylic acids is 1. The van der Waals surface area contributed by atoms with Crippen LogP contribution < -0.4 is 11.1 Å². The van der Waals surface area contributed by atoms with Gasteiger partial charge in [-0.15, -0.1) is 0 Å². The maximum absolute atomic E-state index is 12.1. The third-order valence-corrected chi connectivity index (χ3v) is 4.77. The monoisotopic (exact) mass is 394 g/mol. The molecule has 7 nitrogen and oxygen atoms in total. The number of aliphatic hydroxyl groups excluding tert-OH is 1. The molecular formula is C21H34N2O5. The van der Waals surface area contributed by atoms with Gasteiger partial charge in [-0.05, 0) is 57.9 Å². The minimum atomic E-state index is -0.715. The highest BCUT2D eigenvalue weighted by Crippen LogP contribution is 2.37. The highest BCUT2D eigenvalue weighted by atomic mass is 16.6. The number of aliphatic hydroxyl groups is 1. The number of carboxylic acids is 1. The Labute approximate surface area is 167 Å². The van der Waals surface area contributed by atoms with Crippen LogP contribution in [0.4, 0.5) is 4.79 Å². The van der Waals surface area contributed by atoms with Crippen molar-refractivity contribution in [3.63, 3.8) is 0 Å². The van der Waals surface area contributed by atoms with Gasteiger partial charge in [0.05, 0.1) is 24.7 Å². The molecule has 0 aromatic heterocycles. The molecule has 5 N–H and O–H groups in total. The summed E-state index contributed by atoms with van der Waals surface area (Å²) >= 11 is 0. The zero-order chi connectivity index (χ0) is 21.1. The van der Waals surface area contributed by atoms with Crippen LogP contribution in [0.3, 0.4) is 0 Å². The van der Waals surface area contributed by atoms with Crippen LogP contribution in [-0.2, 0) is 9.53 Å². The fraction of sp³-hybridized carbons (Fsp3) is 0.619. The number of carbonyl (C=O) groups is 2. The zero-order valence-corrected chi connectivity index (χ0v) is 17.1. The number of carboxylic acid groups (broad SMARTS) is 1. The van der Waals surface area contributed by atoms with Crippen LogP contribution in [0.1, 0.15) is 56.7 Å². The molecule has 1 amide bonds. The van der Waals surface area contributed by atoms with Gasteiger partial charge >= 0.3 is 12.1 Å². The van der Waals surface area contributed by atoms with Crippen LogP contribution in [0.15, 0.2) is 24.3 Å². The van der Waals surface area contributed by atoms with Crippen molar-refractivity contribution < 1.29 is 24.5 Å². The van der Waals surface area contributed by atoms with Gasteiger partial charge < -0.3 is 26.0 Å². The normalized spacial score (nSPS) is 19.9. The van der Waals surface area contributed by atoms with Gasteiger partial charge in [-0.2, -0.15) is 0 Å². The highest BCUT2D eigenvalue weighted by Gasteiger charge is 2.32. The summed E-state index contributed by atoms with van der Waals surface area (Å²) in [6.07, 6.45) is 2.30. The van der Waals surface area contributed by atoms with Gasteiger partial charge in [0.2, 0.25) is 0 Å². The number of nitrogens with two attached hydrogens (primary N) is 1. The molecule has 1 atom stereocenters. The quantitative estimate of drug-likeness (QED) is 0.588. The Bertz CT molecular complexity index is 593. The number of rotatable bonds is 6. The van der Waals surface area contributed by atoms with E-state index in [-0.39, 0.29) is 30.6 Å². The zero-order valence-electron chi connectivity index (χ0n) is 17.1. The van der Waals surface area contributed by atoms with Gasteiger partial charge in [-0.1, -0.05) is 29.8 Å². The maximum Gasteiger partial charge on any atom is 0.407 e. The molecule has 1 aromatic carbocycles. The molecule has 0 saturated heterocycles. The second-order valence-corrected chi connectivity index (χ2v) is 7.45. The number of nitrogens with one attached hydrogen (secondary N) is 1. The Balaban J connectivity index is 0.000000892. The summed E-state index contributed by atoms with van der Waals surface area (Å²) < 4.78 is 5.23. The number of aryl methyl sites for hydroxylation is 1. The van der Waals surface area contributed by atoms with Gasteiger partial charge in [0, 0.05) is 6.54 Å². The molecular weight excluding hydrogens is 360 g/mol.